The Balaban J connectivity index is 1.92. The van der Waals surface area contributed by atoms with E-state index in [1.807, 2.05) is 0 Å². The molecule has 2 N–H and O–H groups in total. The smallest absolute Gasteiger partial charge is 0.240 e. The third-order valence-corrected chi connectivity index (χ3v) is 2.75. The number of nitrogens with two attached hydrogens (primary N) is 1. The summed E-state index contributed by atoms with van der Waals surface area (Å²) in [6.45, 7) is 1.30. The molecule has 17 heavy (non-hydrogen) atoms. The van der Waals surface area contributed by atoms with Gasteiger partial charge < -0.3 is 19.9 Å². The standard InChI is InChI=1S/C12H18N2O3/c1-15-11-6-5-10(13)12(14-11)17-8-9-4-2-3-7-16-9/h5-6,9H,2-4,7-8,13H2,1H3. The van der Waals surface area contributed by atoms with E-state index in [0.717, 1.165) is 19.4 Å². The highest BCUT2D eigenvalue weighted by molar-refractivity contribution is 5.49. The normalized spacial score (nSPS) is 19.9. The van der Waals surface area contributed by atoms with Crippen LogP contribution in [0.2, 0.25) is 0 Å². The Hall–Kier alpha value is -1.49. The Morgan fingerprint density at radius 3 is 3.06 bits per heavy atom. The van der Waals surface area contributed by atoms with Crippen molar-refractivity contribution < 1.29 is 14.2 Å². The minimum Gasteiger partial charge on any atom is -0.481 e. The van der Waals surface area contributed by atoms with Crippen molar-refractivity contribution in [3.63, 3.8) is 0 Å². The number of nitrogen functional groups attached to an aromatic ring is 1. The molecule has 1 aromatic heterocycles. The van der Waals surface area contributed by atoms with E-state index in [2.05, 4.69) is 4.98 Å². The van der Waals surface area contributed by atoms with Gasteiger partial charge in [-0.15, -0.1) is 0 Å². The van der Waals surface area contributed by atoms with E-state index in [9.17, 15) is 0 Å². The van der Waals surface area contributed by atoms with Gasteiger partial charge in [0.1, 0.15) is 6.61 Å². The van der Waals surface area contributed by atoms with Gasteiger partial charge in [-0.05, 0) is 25.3 Å². The second-order valence-corrected chi connectivity index (χ2v) is 4.05. The molecule has 5 heteroatoms. The molecule has 5 nitrogen and oxygen atoms in total. The van der Waals surface area contributed by atoms with Crippen LogP contribution in [0.4, 0.5) is 5.69 Å². The summed E-state index contributed by atoms with van der Waals surface area (Å²) in [7, 11) is 1.56. The van der Waals surface area contributed by atoms with E-state index in [0.29, 0.717) is 24.1 Å². The molecule has 0 spiro atoms. The van der Waals surface area contributed by atoms with E-state index in [4.69, 9.17) is 19.9 Å². The molecule has 1 fully saturated rings. The van der Waals surface area contributed by atoms with Crippen LogP contribution in [0.25, 0.3) is 0 Å². The molecule has 0 saturated carbocycles. The number of aromatic nitrogens is 1. The predicted octanol–water partition coefficient (Wildman–Crippen LogP) is 1.62. The fraction of sp³-hybridized carbons (Fsp3) is 0.583. The SMILES string of the molecule is COc1ccc(N)c(OCC2CCCCO2)n1. The van der Waals surface area contributed by atoms with Crippen molar-refractivity contribution in [3.05, 3.63) is 12.1 Å². The van der Waals surface area contributed by atoms with E-state index in [-0.39, 0.29) is 6.10 Å². The Bertz CT molecular complexity index is 365. The van der Waals surface area contributed by atoms with E-state index < -0.39 is 0 Å². The van der Waals surface area contributed by atoms with Gasteiger partial charge in [-0.25, -0.2) is 0 Å². The zero-order valence-corrected chi connectivity index (χ0v) is 10.0. The highest BCUT2D eigenvalue weighted by Gasteiger charge is 2.15. The van der Waals surface area contributed by atoms with Gasteiger partial charge in [0.2, 0.25) is 11.8 Å². The molecule has 1 unspecified atom stereocenters. The Morgan fingerprint density at radius 1 is 1.47 bits per heavy atom. The van der Waals surface area contributed by atoms with Crippen LogP contribution in [0, 0.1) is 0 Å². The van der Waals surface area contributed by atoms with Gasteiger partial charge in [0.15, 0.2) is 0 Å². The highest BCUT2D eigenvalue weighted by Crippen LogP contribution is 2.23. The largest absolute Gasteiger partial charge is 0.481 e. The molecule has 2 rings (SSSR count). The lowest BCUT2D eigenvalue weighted by Crippen LogP contribution is -2.26. The van der Waals surface area contributed by atoms with Crippen molar-refractivity contribution in [3.8, 4) is 11.8 Å². The number of anilines is 1. The molecule has 1 aromatic rings. The average Bonchev–Trinajstić information content (AvgIpc) is 2.39. The minimum absolute atomic E-state index is 0.149. The predicted molar refractivity (Wildman–Crippen MR) is 64.3 cm³/mol. The molecule has 1 aliphatic heterocycles. The maximum atomic E-state index is 5.78. The fourth-order valence-electron chi connectivity index (χ4n) is 1.77. The summed E-state index contributed by atoms with van der Waals surface area (Å²) in [6, 6.07) is 3.43. The van der Waals surface area contributed by atoms with Crippen LogP contribution >= 0.6 is 0 Å². The number of ether oxygens (including phenoxy) is 3. The monoisotopic (exact) mass is 238 g/mol. The van der Waals surface area contributed by atoms with Crippen molar-refractivity contribution in [2.75, 3.05) is 26.1 Å². The fourth-order valence-corrected chi connectivity index (χ4v) is 1.77. The van der Waals surface area contributed by atoms with Crippen molar-refractivity contribution in [2.24, 2.45) is 0 Å². The zero-order chi connectivity index (χ0) is 12.1. The average molecular weight is 238 g/mol. The number of hydrogen-bond acceptors (Lipinski definition) is 5. The molecule has 1 aliphatic rings. The minimum atomic E-state index is 0.149. The summed E-state index contributed by atoms with van der Waals surface area (Å²) in [4.78, 5) is 4.15. The van der Waals surface area contributed by atoms with E-state index >= 15 is 0 Å². The summed E-state index contributed by atoms with van der Waals surface area (Å²) in [5.41, 5.74) is 6.29. The number of pyridine rings is 1. The number of rotatable bonds is 4. The van der Waals surface area contributed by atoms with Gasteiger partial charge in [-0.2, -0.15) is 4.98 Å². The highest BCUT2D eigenvalue weighted by atomic mass is 16.5. The first-order chi connectivity index (χ1) is 8.29. The third-order valence-electron chi connectivity index (χ3n) is 2.75. The van der Waals surface area contributed by atoms with Crippen LogP contribution in [0.1, 0.15) is 19.3 Å². The van der Waals surface area contributed by atoms with Crippen LogP contribution < -0.4 is 15.2 Å². The Kier molecular flexibility index (Phi) is 4.03. The van der Waals surface area contributed by atoms with Crippen LogP contribution in [0.3, 0.4) is 0 Å². The third kappa shape index (κ3) is 3.23. The van der Waals surface area contributed by atoms with Gasteiger partial charge in [0.25, 0.3) is 0 Å². The number of nitrogens with zero attached hydrogens (tertiary/aromatic N) is 1. The lowest BCUT2D eigenvalue weighted by molar-refractivity contribution is -0.0118. The Labute approximate surface area is 101 Å². The molecule has 0 aromatic carbocycles. The molecule has 2 heterocycles. The summed E-state index contributed by atoms with van der Waals surface area (Å²) >= 11 is 0. The van der Waals surface area contributed by atoms with Gasteiger partial charge in [0, 0.05) is 12.7 Å². The lowest BCUT2D eigenvalue weighted by atomic mass is 10.1. The summed E-state index contributed by atoms with van der Waals surface area (Å²) in [5, 5.41) is 0. The molecular weight excluding hydrogens is 220 g/mol. The number of methoxy groups -OCH3 is 1. The number of hydrogen-bond donors (Lipinski definition) is 1. The zero-order valence-electron chi connectivity index (χ0n) is 10.0. The molecule has 0 amide bonds. The first-order valence-corrected chi connectivity index (χ1v) is 5.84. The van der Waals surface area contributed by atoms with Crippen LogP contribution in [-0.4, -0.2) is 31.4 Å². The first kappa shape index (κ1) is 12.0. The second-order valence-electron chi connectivity index (χ2n) is 4.05. The molecule has 0 aliphatic carbocycles. The second kappa shape index (κ2) is 5.72. The van der Waals surface area contributed by atoms with E-state index in [1.54, 1.807) is 19.2 Å². The van der Waals surface area contributed by atoms with Crippen molar-refractivity contribution in [2.45, 2.75) is 25.4 Å². The molecule has 0 radical (unpaired) electrons. The van der Waals surface area contributed by atoms with Gasteiger partial charge in [0.05, 0.1) is 18.9 Å². The maximum absolute atomic E-state index is 5.78. The van der Waals surface area contributed by atoms with Gasteiger partial charge >= 0.3 is 0 Å². The van der Waals surface area contributed by atoms with Crippen molar-refractivity contribution >= 4 is 5.69 Å². The first-order valence-electron chi connectivity index (χ1n) is 5.84. The van der Waals surface area contributed by atoms with Gasteiger partial charge in [-0.3, -0.25) is 0 Å². The van der Waals surface area contributed by atoms with Crippen LogP contribution in [0.15, 0.2) is 12.1 Å². The summed E-state index contributed by atoms with van der Waals surface area (Å²) in [6.07, 6.45) is 3.51. The molecular formula is C12H18N2O3. The molecule has 1 saturated heterocycles. The van der Waals surface area contributed by atoms with Crippen molar-refractivity contribution in [1.29, 1.82) is 0 Å². The van der Waals surface area contributed by atoms with Crippen LogP contribution in [-0.2, 0) is 4.74 Å². The topological polar surface area (TPSA) is 66.6 Å². The maximum Gasteiger partial charge on any atom is 0.240 e. The molecule has 94 valence electrons. The summed E-state index contributed by atoms with van der Waals surface area (Å²) in [5.74, 6) is 0.914. The summed E-state index contributed by atoms with van der Waals surface area (Å²) < 4.78 is 16.2. The quantitative estimate of drug-likeness (QED) is 0.863. The Morgan fingerprint density at radius 2 is 2.35 bits per heavy atom. The van der Waals surface area contributed by atoms with Crippen molar-refractivity contribution in [1.82, 2.24) is 4.98 Å². The van der Waals surface area contributed by atoms with E-state index in [1.165, 1.54) is 6.42 Å². The van der Waals surface area contributed by atoms with Crippen LogP contribution in [0.5, 0.6) is 11.8 Å². The molecule has 0 bridgehead atoms. The van der Waals surface area contributed by atoms with Gasteiger partial charge in [-0.1, -0.05) is 0 Å². The lowest BCUT2D eigenvalue weighted by Gasteiger charge is -2.22. The molecule has 1 atom stereocenters.